The molecule has 0 fully saturated rings. The van der Waals surface area contributed by atoms with Gasteiger partial charge >= 0.3 is 0 Å². The first-order chi connectivity index (χ1) is 13.5. The Morgan fingerprint density at radius 2 is 0.857 bits per heavy atom. The molecule has 0 aliphatic carbocycles. The maximum absolute atomic E-state index is 9.95. The lowest BCUT2D eigenvalue weighted by atomic mass is 9.74. The first-order valence-corrected chi connectivity index (χ1v) is 10.7. The molecule has 3 aromatic rings. The average Bonchev–Trinajstić information content (AvgIpc) is 2.72. The third kappa shape index (κ3) is 2.98. The molecule has 0 aliphatic rings. The van der Waals surface area contributed by atoms with Gasteiger partial charge in [-0.15, -0.1) is 0 Å². The molecule has 28 heavy (non-hydrogen) atoms. The lowest BCUT2D eigenvalue weighted by Crippen LogP contribution is -2.25. The predicted molar refractivity (Wildman–Crippen MR) is 127 cm³/mol. The second kappa shape index (κ2) is 8.31. The minimum Gasteiger partial charge on any atom is -0.392 e. The van der Waals surface area contributed by atoms with Crippen LogP contribution in [0.2, 0.25) is 0 Å². The lowest BCUT2D eigenvalue weighted by molar-refractivity contribution is 0.262. The van der Waals surface area contributed by atoms with E-state index in [2.05, 4.69) is 55.5 Å². The maximum Gasteiger partial charge on any atom is 0.140 e. The standard InChI is InChI=1S/C24H32B2O2/c1-5-13-14(6-2)16(8-4)18-10-20-19(9-17(18)15(13)7-3)23(25)21(11-27)22(12-28)24(20)26/h9-10,27-28H,5-8,11-12,25-26H2,1-4H3. The average molecular weight is 374 g/mol. The van der Waals surface area contributed by atoms with Gasteiger partial charge in [-0.3, -0.25) is 0 Å². The number of benzene rings is 3. The Bertz CT molecular complexity index is 971. The summed E-state index contributed by atoms with van der Waals surface area (Å²) in [7, 11) is 4.15. The van der Waals surface area contributed by atoms with Gasteiger partial charge in [-0.2, -0.15) is 0 Å². The van der Waals surface area contributed by atoms with Crippen molar-refractivity contribution >= 4 is 48.2 Å². The van der Waals surface area contributed by atoms with Crippen molar-refractivity contribution in [2.75, 3.05) is 0 Å². The molecule has 0 radical (unpaired) electrons. The van der Waals surface area contributed by atoms with E-state index in [0.29, 0.717) is 0 Å². The molecule has 0 atom stereocenters. The first kappa shape index (κ1) is 21.0. The highest BCUT2D eigenvalue weighted by Gasteiger charge is 2.19. The van der Waals surface area contributed by atoms with Crippen LogP contribution in [0, 0.1) is 0 Å². The molecule has 0 saturated carbocycles. The molecule has 0 bridgehead atoms. The summed E-state index contributed by atoms with van der Waals surface area (Å²) in [6.07, 6.45) is 4.19. The molecule has 0 spiro atoms. The Morgan fingerprint density at radius 3 is 1.11 bits per heavy atom. The van der Waals surface area contributed by atoms with Crippen molar-refractivity contribution < 1.29 is 10.2 Å². The third-order valence-electron chi connectivity index (χ3n) is 6.71. The van der Waals surface area contributed by atoms with E-state index in [0.717, 1.165) is 47.7 Å². The second-order valence-electron chi connectivity index (χ2n) is 7.80. The summed E-state index contributed by atoms with van der Waals surface area (Å²) in [4.78, 5) is 0. The van der Waals surface area contributed by atoms with Crippen LogP contribution in [0.5, 0.6) is 0 Å². The molecule has 2 N–H and O–H groups in total. The molecule has 0 saturated heterocycles. The van der Waals surface area contributed by atoms with Crippen molar-refractivity contribution in [2.45, 2.75) is 66.6 Å². The number of hydrogen-bond acceptors (Lipinski definition) is 2. The highest BCUT2D eigenvalue weighted by molar-refractivity contribution is 6.47. The van der Waals surface area contributed by atoms with Crippen molar-refractivity contribution in [1.29, 1.82) is 0 Å². The molecule has 3 aromatic carbocycles. The molecule has 0 aromatic heterocycles. The van der Waals surface area contributed by atoms with Gasteiger partial charge in [0.05, 0.1) is 13.2 Å². The molecule has 2 nitrogen and oxygen atoms in total. The normalized spacial score (nSPS) is 11.6. The summed E-state index contributed by atoms with van der Waals surface area (Å²) in [5.41, 5.74) is 9.93. The van der Waals surface area contributed by atoms with E-state index in [1.807, 2.05) is 0 Å². The smallest absolute Gasteiger partial charge is 0.140 e. The van der Waals surface area contributed by atoms with Gasteiger partial charge in [-0.05, 0) is 92.7 Å². The molecule has 0 unspecified atom stereocenters. The number of aryl methyl sites for hydroxylation is 2. The quantitative estimate of drug-likeness (QED) is 0.510. The molecular weight excluding hydrogens is 342 g/mol. The minimum absolute atomic E-state index is 0.0353. The Hall–Kier alpha value is -1.77. The molecule has 3 rings (SSSR count). The largest absolute Gasteiger partial charge is 0.392 e. The lowest BCUT2D eigenvalue weighted by Gasteiger charge is -2.23. The second-order valence-corrected chi connectivity index (χ2v) is 7.80. The third-order valence-corrected chi connectivity index (χ3v) is 6.71. The van der Waals surface area contributed by atoms with Crippen molar-refractivity contribution in [2.24, 2.45) is 0 Å². The summed E-state index contributed by atoms with van der Waals surface area (Å²) >= 11 is 0. The number of hydrogen-bond donors (Lipinski definition) is 2. The van der Waals surface area contributed by atoms with Gasteiger partial charge in [0, 0.05) is 0 Å². The zero-order chi connectivity index (χ0) is 20.6. The summed E-state index contributed by atoms with van der Waals surface area (Å²) in [5, 5.41) is 25.0. The zero-order valence-electron chi connectivity index (χ0n) is 18.3. The van der Waals surface area contributed by atoms with E-state index in [4.69, 9.17) is 0 Å². The van der Waals surface area contributed by atoms with E-state index in [1.54, 1.807) is 0 Å². The molecule has 0 aliphatic heterocycles. The molecule has 0 amide bonds. The maximum atomic E-state index is 9.95. The SMILES string of the molecule is Bc1c(CO)c(CO)c(B)c2cc3c(CC)c(CC)c(CC)c(CC)c3cc12. The van der Waals surface area contributed by atoms with E-state index >= 15 is 0 Å². The van der Waals surface area contributed by atoms with Crippen LogP contribution < -0.4 is 10.9 Å². The summed E-state index contributed by atoms with van der Waals surface area (Å²) in [6.45, 7) is 8.99. The Kier molecular flexibility index (Phi) is 6.21. The van der Waals surface area contributed by atoms with Crippen LogP contribution in [0.15, 0.2) is 12.1 Å². The predicted octanol–water partition coefficient (Wildman–Crippen LogP) is 1.74. The molecule has 4 heteroatoms. The van der Waals surface area contributed by atoms with Crippen LogP contribution in [-0.4, -0.2) is 25.9 Å². The van der Waals surface area contributed by atoms with Gasteiger partial charge in [-0.1, -0.05) is 38.6 Å². The van der Waals surface area contributed by atoms with E-state index < -0.39 is 0 Å². The van der Waals surface area contributed by atoms with Crippen LogP contribution in [0.4, 0.5) is 0 Å². The van der Waals surface area contributed by atoms with Crippen molar-refractivity contribution in [3.8, 4) is 0 Å². The highest BCUT2D eigenvalue weighted by atomic mass is 16.3. The van der Waals surface area contributed by atoms with Crippen LogP contribution in [0.25, 0.3) is 21.5 Å². The monoisotopic (exact) mass is 374 g/mol. The number of aliphatic hydroxyl groups is 2. The van der Waals surface area contributed by atoms with Crippen molar-refractivity contribution in [3.05, 3.63) is 45.5 Å². The Morgan fingerprint density at radius 1 is 0.536 bits per heavy atom. The Balaban J connectivity index is 2.61. The summed E-state index contributed by atoms with van der Waals surface area (Å²) in [6, 6.07) is 4.70. The molecular formula is C24H32B2O2. The van der Waals surface area contributed by atoms with E-state index in [9.17, 15) is 10.2 Å². The van der Waals surface area contributed by atoms with Gasteiger partial charge in [0.1, 0.15) is 15.7 Å². The van der Waals surface area contributed by atoms with Crippen molar-refractivity contribution in [3.63, 3.8) is 0 Å². The van der Waals surface area contributed by atoms with E-state index in [1.165, 1.54) is 43.8 Å². The fraction of sp³-hybridized carbons (Fsp3) is 0.417. The summed E-state index contributed by atoms with van der Waals surface area (Å²) in [5.74, 6) is 0. The zero-order valence-corrected chi connectivity index (χ0v) is 18.3. The number of fused-ring (bicyclic) bond motifs is 2. The molecule has 146 valence electrons. The number of aliphatic hydroxyl groups excluding tert-OH is 2. The van der Waals surface area contributed by atoms with Gasteiger partial charge < -0.3 is 10.2 Å². The van der Waals surface area contributed by atoms with E-state index in [-0.39, 0.29) is 13.2 Å². The van der Waals surface area contributed by atoms with Crippen LogP contribution >= 0.6 is 0 Å². The van der Waals surface area contributed by atoms with Crippen LogP contribution in [0.3, 0.4) is 0 Å². The Labute approximate surface area is 170 Å². The van der Waals surface area contributed by atoms with Gasteiger partial charge in [0.2, 0.25) is 0 Å². The summed E-state index contributed by atoms with van der Waals surface area (Å²) < 4.78 is 0. The van der Waals surface area contributed by atoms with Gasteiger partial charge in [0.15, 0.2) is 0 Å². The van der Waals surface area contributed by atoms with Gasteiger partial charge in [0.25, 0.3) is 0 Å². The van der Waals surface area contributed by atoms with Gasteiger partial charge in [-0.25, -0.2) is 0 Å². The molecule has 0 heterocycles. The number of rotatable bonds is 6. The fourth-order valence-electron chi connectivity index (χ4n) is 5.28. The minimum atomic E-state index is -0.0353. The topological polar surface area (TPSA) is 40.5 Å². The first-order valence-electron chi connectivity index (χ1n) is 10.7. The fourth-order valence-corrected chi connectivity index (χ4v) is 5.28. The van der Waals surface area contributed by atoms with Crippen LogP contribution in [0.1, 0.15) is 61.1 Å². The van der Waals surface area contributed by atoms with Crippen molar-refractivity contribution in [1.82, 2.24) is 0 Å². The highest BCUT2D eigenvalue weighted by Crippen LogP contribution is 2.35. The van der Waals surface area contributed by atoms with Crippen LogP contribution in [-0.2, 0) is 38.9 Å².